The highest BCUT2D eigenvalue weighted by molar-refractivity contribution is 6.31. The number of carbonyl (C=O) groups is 2. The molecule has 1 fully saturated rings. The summed E-state index contributed by atoms with van der Waals surface area (Å²) in [5.74, 6) is -1.27. The number of rotatable bonds is 4. The van der Waals surface area contributed by atoms with Crippen molar-refractivity contribution >= 4 is 29.2 Å². The predicted molar refractivity (Wildman–Crippen MR) is 81.5 cm³/mol. The summed E-state index contributed by atoms with van der Waals surface area (Å²) in [6.45, 7) is 0.472. The molecule has 1 aromatic rings. The molecule has 0 aliphatic heterocycles. The Morgan fingerprint density at radius 2 is 2.05 bits per heavy atom. The Bertz CT molecular complexity index is 548. The molecular formula is C15H19ClN2O3. The lowest BCUT2D eigenvalue weighted by molar-refractivity contribution is -0.122. The van der Waals surface area contributed by atoms with Gasteiger partial charge in [-0.1, -0.05) is 24.4 Å². The minimum absolute atomic E-state index is 0.0351. The van der Waals surface area contributed by atoms with Crippen molar-refractivity contribution in [3.05, 3.63) is 28.8 Å². The molecular weight excluding hydrogens is 292 g/mol. The Hall–Kier alpha value is -1.59. The van der Waals surface area contributed by atoms with Gasteiger partial charge in [0.05, 0.1) is 11.3 Å². The molecule has 0 aromatic heterocycles. The Labute approximate surface area is 128 Å². The second-order valence-electron chi connectivity index (χ2n) is 5.37. The van der Waals surface area contributed by atoms with Gasteiger partial charge in [0.15, 0.2) is 0 Å². The van der Waals surface area contributed by atoms with Crippen LogP contribution in [-0.2, 0) is 4.79 Å². The summed E-state index contributed by atoms with van der Waals surface area (Å²) in [5, 5.41) is 12.3. The lowest BCUT2D eigenvalue weighted by Gasteiger charge is -2.29. The number of hydrogen-bond acceptors (Lipinski definition) is 3. The van der Waals surface area contributed by atoms with Crippen molar-refractivity contribution in [2.24, 2.45) is 17.6 Å². The minimum Gasteiger partial charge on any atom is -0.478 e. The molecule has 5 nitrogen and oxygen atoms in total. The summed E-state index contributed by atoms with van der Waals surface area (Å²) >= 11 is 5.88. The first-order valence-electron chi connectivity index (χ1n) is 7.06. The number of amides is 1. The lowest BCUT2D eigenvalue weighted by atomic mass is 9.78. The maximum atomic E-state index is 12.4. The number of benzene rings is 1. The first kappa shape index (κ1) is 15.8. The monoisotopic (exact) mass is 310 g/mol. The second kappa shape index (κ2) is 6.91. The third-order valence-corrected chi connectivity index (χ3v) is 4.25. The van der Waals surface area contributed by atoms with Crippen LogP contribution in [0.4, 0.5) is 5.69 Å². The van der Waals surface area contributed by atoms with Crippen LogP contribution in [0.3, 0.4) is 0 Å². The molecule has 0 bridgehead atoms. The van der Waals surface area contributed by atoms with Gasteiger partial charge in [-0.05, 0) is 43.5 Å². The molecule has 1 saturated carbocycles. The largest absolute Gasteiger partial charge is 0.478 e. The Morgan fingerprint density at radius 1 is 1.33 bits per heavy atom. The predicted octanol–water partition coefficient (Wildman–Crippen LogP) is 2.74. The molecule has 0 radical (unpaired) electrons. The van der Waals surface area contributed by atoms with Gasteiger partial charge in [0, 0.05) is 10.9 Å². The molecule has 0 heterocycles. The third-order valence-electron chi connectivity index (χ3n) is 4.02. The van der Waals surface area contributed by atoms with Crippen molar-refractivity contribution in [3.8, 4) is 0 Å². The van der Waals surface area contributed by atoms with Gasteiger partial charge in [-0.25, -0.2) is 4.79 Å². The zero-order valence-corrected chi connectivity index (χ0v) is 12.4. The molecule has 0 saturated heterocycles. The molecule has 4 N–H and O–H groups in total. The summed E-state index contributed by atoms with van der Waals surface area (Å²) in [5.41, 5.74) is 6.00. The first-order valence-corrected chi connectivity index (χ1v) is 7.44. The van der Waals surface area contributed by atoms with Crippen molar-refractivity contribution in [2.45, 2.75) is 25.7 Å². The number of anilines is 1. The van der Waals surface area contributed by atoms with Gasteiger partial charge in [-0.15, -0.1) is 0 Å². The van der Waals surface area contributed by atoms with Crippen LogP contribution in [0.1, 0.15) is 36.0 Å². The molecule has 2 rings (SSSR count). The fourth-order valence-electron chi connectivity index (χ4n) is 2.87. The summed E-state index contributed by atoms with van der Waals surface area (Å²) < 4.78 is 0. The van der Waals surface area contributed by atoms with Gasteiger partial charge in [0.1, 0.15) is 0 Å². The Kier molecular flexibility index (Phi) is 5.20. The number of aromatic carboxylic acids is 1. The van der Waals surface area contributed by atoms with Crippen molar-refractivity contribution in [1.82, 2.24) is 0 Å². The fourth-order valence-corrected chi connectivity index (χ4v) is 3.04. The van der Waals surface area contributed by atoms with E-state index in [9.17, 15) is 9.59 Å². The number of carboxylic acids is 1. The second-order valence-corrected chi connectivity index (χ2v) is 5.81. The number of hydrogen-bond donors (Lipinski definition) is 3. The molecule has 6 heteroatoms. The summed E-state index contributed by atoms with van der Waals surface area (Å²) in [7, 11) is 0. The summed E-state index contributed by atoms with van der Waals surface area (Å²) in [6.07, 6.45) is 3.81. The van der Waals surface area contributed by atoms with E-state index in [-0.39, 0.29) is 29.0 Å². The van der Waals surface area contributed by atoms with Gasteiger partial charge in [0.25, 0.3) is 0 Å². The Morgan fingerprint density at radius 3 is 2.71 bits per heavy atom. The van der Waals surface area contributed by atoms with Crippen molar-refractivity contribution in [3.63, 3.8) is 0 Å². The highest BCUT2D eigenvalue weighted by Crippen LogP contribution is 2.31. The van der Waals surface area contributed by atoms with Crippen LogP contribution in [0.2, 0.25) is 5.02 Å². The quantitative estimate of drug-likeness (QED) is 0.797. The first-order chi connectivity index (χ1) is 10.0. The molecule has 114 valence electrons. The van der Waals surface area contributed by atoms with E-state index in [0.717, 1.165) is 25.7 Å². The summed E-state index contributed by atoms with van der Waals surface area (Å²) in [6, 6.07) is 4.34. The molecule has 1 aliphatic carbocycles. The van der Waals surface area contributed by atoms with E-state index >= 15 is 0 Å². The maximum Gasteiger partial charge on any atom is 0.337 e. The average Bonchev–Trinajstić information content (AvgIpc) is 2.46. The summed E-state index contributed by atoms with van der Waals surface area (Å²) in [4.78, 5) is 23.6. The Balaban J connectivity index is 2.18. The molecule has 0 spiro atoms. The van der Waals surface area contributed by atoms with Crippen LogP contribution in [0.25, 0.3) is 0 Å². The smallest absolute Gasteiger partial charge is 0.337 e. The lowest BCUT2D eigenvalue weighted by Crippen LogP contribution is -2.35. The van der Waals surface area contributed by atoms with Crippen LogP contribution in [-0.4, -0.2) is 23.5 Å². The van der Waals surface area contributed by atoms with Crippen molar-refractivity contribution in [2.75, 3.05) is 11.9 Å². The average molecular weight is 311 g/mol. The highest BCUT2D eigenvalue weighted by Gasteiger charge is 2.30. The van der Waals surface area contributed by atoms with E-state index in [4.69, 9.17) is 22.4 Å². The number of carboxylic acid groups (broad SMARTS) is 1. The normalized spacial score (nSPS) is 21.8. The van der Waals surface area contributed by atoms with Gasteiger partial charge < -0.3 is 16.2 Å². The molecule has 21 heavy (non-hydrogen) atoms. The van der Waals surface area contributed by atoms with E-state index in [1.165, 1.54) is 18.2 Å². The van der Waals surface area contributed by atoms with Gasteiger partial charge in [-0.3, -0.25) is 4.79 Å². The molecule has 1 aliphatic rings. The van der Waals surface area contributed by atoms with Gasteiger partial charge >= 0.3 is 5.97 Å². The van der Waals surface area contributed by atoms with Crippen LogP contribution >= 0.6 is 11.6 Å². The molecule has 2 atom stereocenters. The zero-order chi connectivity index (χ0) is 15.4. The van der Waals surface area contributed by atoms with Gasteiger partial charge in [-0.2, -0.15) is 0 Å². The fraction of sp³-hybridized carbons (Fsp3) is 0.467. The third kappa shape index (κ3) is 3.74. The highest BCUT2D eigenvalue weighted by atomic mass is 35.5. The van der Waals surface area contributed by atoms with Crippen molar-refractivity contribution < 1.29 is 14.7 Å². The van der Waals surface area contributed by atoms with Gasteiger partial charge in [0.2, 0.25) is 5.91 Å². The van der Waals surface area contributed by atoms with Crippen LogP contribution < -0.4 is 11.1 Å². The van der Waals surface area contributed by atoms with E-state index in [2.05, 4.69) is 5.32 Å². The minimum atomic E-state index is -1.10. The number of halogens is 1. The number of nitrogens with two attached hydrogens (primary N) is 1. The van der Waals surface area contributed by atoms with E-state index < -0.39 is 5.97 Å². The van der Waals surface area contributed by atoms with E-state index in [0.29, 0.717) is 11.6 Å². The number of carbonyl (C=O) groups excluding carboxylic acids is 1. The SMILES string of the molecule is NCC1CCCCC1C(=O)Nc1cc(Cl)ccc1C(=O)O. The standard InChI is InChI=1S/C15H19ClN2O3/c16-10-5-6-12(15(20)21)13(7-10)18-14(19)11-4-2-1-3-9(11)8-17/h5-7,9,11H,1-4,8,17H2,(H,18,19)(H,20,21). The molecule has 1 aromatic carbocycles. The van der Waals surface area contributed by atoms with E-state index in [1.807, 2.05) is 0 Å². The topological polar surface area (TPSA) is 92.4 Å². The molecule has 1 amide bonds. The zero-order valence-electron chi connectivity index (χ0n) is 11.6. The van der Waals surface area contributed by atoms with Crippen LogP contribution in [0.15, 0.2) is 18.2 Å². The maximum absolute atomic E-state index is 12.4. The number of nitrogens with one attached hydrogen (secondary N) is 1. The van der Waals surface area contributed by atoms with Crippen LogP contribution in [0, 0.1) is 11.8 Å². The van der Waals surface area contributed by atoms with Crippen LogP contribution in [0.5, 0.6) is 0 Å². The van der Waals surface area contributed by atoms with E-state index in [1.54, 1.807) is 0 Å². The molecule has 2 unspecified atom stereocenters. The van der Waals surface area contributed by atoms with Crippen molar-refractivity contribution in [1.29, 1.82) is 0 Å².